The van der Waals surface area contributed by atoms with Crippen LogP contribution in [0.1, 0.15) is 29.0 Å². The quantitative estimate of drug-likeness (QED) is 0.579. The highest BCUT2D eigenvalue weighted by atomic mass is 19.1. The van der Waals surface area contributed by atoms with Crippen LogP contribution in [0, 0.1) is 5.82 Å². The summed E-state index contributed by atoms with van der Waals surface area (Å²) in [4.78, 5) is 19.8. The molecule has 0 aliphatic carbocycles. The van der Waals surface area contributed by atoms with Gasteiger partial charge in [-0.05, 0) is 24.6 Å². The maximum atomic E-state index is 12.8. The van der Waals surface area contributed by atoms with Crippen LogP contribution < -0.4 is 16.6 Å². The van der Waals surface area contributed by atoms with Gasteiger partial charge in [-0.25, -0.2) is 20.2 Å². The first kappa shape index (κ1) is 13.9. The largest absolute Gasteiger partial charge is 0.344 e. The summed E-state index contributed by atoms with van der Waals surface area (Å²) >= 11 is 0. The zero-order chi connectivity index (χ0) is 14.5. The van der Waals surface area contributed by atoms with Crippen molar-refractivity contribution in [1.82, 2.24) is 15.3 Å². The molecule has 0 saturated carbocycles. The fourth-order valence-electron chi connectivity index (χ4n) is 1.63. The van der Waals surface area contributed by atoms with Gasteiger partial charge in [0.15, 0.2) is 5.82 Å². The lowest BCUT2D eigenvalue weighted by molar-refractivity contribution is 0.0934. The van der Waals surface area contributed by atoms with Crippen LogP contribution >= 0.6 is 0 Å². The summed E-state index contributed by atoms with van der Waals surface area (Å²) < 4.78 is 12.8. The molecule has 0 aliphatic rings. The first-order valence-electron chi connectivity index (χ1n) is 5.95. The third kappa shape index (κ3) is 3.27. The van der Waals surface area contributed by atoms with Gasteiger partial charge in [0.05, 0.1) is 18.4 Å². The van der Waals surface area contributed by atoms with Crippen molar-refractivity contribution in [3.8, 4) is 0 Å². The normalized spacial score (nSPS) is 11.8. The molecule has 0 saturated heterocycles. The summed E-state index contributed by atoms with van der Waals surface area (Å²) in [5, 5.41) is 2.75. The van der Waals surface area contributed by atoms with Crippen LogP contribution in [0.5, 0.6) is 0 Å². The van der Waals surface area contributed by atoms with Gasteiger partial charge < -0.3 is 10.7 Å². The number of amides is 1. The van der Waals surface area contributed by atoms with Crippen molar-refractivity contribution in [2.75, 3.05) is 5.43 Å². The standard InChI is InChI=1S/C13H14FN5O/c1-8(9-2-4-10(14)5-3-9)18-13(20)11-6-17-12(19-15)7-16-11/h2-8H,15H2,1H3,(H,17,19)(H,18,20). The van der Waals surface area contributed by atoms with Crippen molar-refractivity contribution in [1.29, 1.82) is 0 Å². The maximum Gasteiger partial charge on any atom is 0.271 e. The van der Waals surface area contributed by atoms with E-state index in [2.05, 4.69) is 20.7 Å². The molecule has 1 heterocycles. The van der Waals surface area contributed by atoms with Gasteiger partial charge in [-0.15, -0.1) is 0 Å². The van der Waals surface area contributed by atoms with E-state index in [1.54, 1.807) is 19.1 Å². The number of hydrogen-bond acceptors (Lipinski definition) is 5. The van der Waals surface area contributed by atoms with Crippen molar-refractivity contribution in [3.63, 3.8) is 0 Å². The minimum atomic E-state index is -0.363. The summed E-state index contributed by atoms with van der Waals surface area (Å²) in [5.74, 6) is 4.85. The van der Waals surface area contributed by atoms with E-state index < -0.39 is 0 Å². The molecule has 0 fully saturated rings. The van der Waals surface area contributed by atoms with Crippen molar-refractivity contribution in [2.24, 2.45) is 5.84 Å². The Balaban J connectivity index is 2.04. The molecule has 0 spiro atoms. The van der Waals surface area contributed by atoms with Gasteiger partial charge in [0.2, 0.25) is 0 Å². The van der Waals surface area contributed by atoms with Gasteiger partial charge in [0.25, 0.3) is 5.91 Å². The Morgan fingerprint density at radius 1 is 1.25 bits per heavy atom. The molecule has 0 radical (unpaired) electrons. The molecular weight excluding hydrogens is 261 g/mol. The molecule has 1 aromatic heterocycles. The number of carbonyl (C=O) groups excluding carboxylic acids is 1. The highest BCUT2D eigenvalue weighted by molar-refractivity contribution is 5.92. The fraction of sp³-hybridized carbons (Fsp3) is 0.154. The molecule has 1 aromatic carbocycles. The summed E-state index contributed by atoms with van der Waals surface area (Å²) in [6.07, 6.45) is 2.68. The van der Waals surface area contributed by atoms with Crippen LogP contribution in [0.4, 0.5) is 10.2 Å². The SMILES string of the molecule is CC(NC(=O)c1cnc(NN)cn1)c1ccc(F)cc1. The predicted octanol–water partition coefficient (Wildman–Crippen LogP) is 1.39. The van der Waals surface area contributed by atoms with Gasteiger partial charge in [-0.3, -0.25) is 4.79 Å². The number of hydrogen-bond donors (Lipinski definition) is 3. The van der Waals surface area contributed by atoms with E-state index in [-0.39, 0.29) is 23.5 Å². The summed E-state index contributed by atoms with van der Waals surface area (Å²) in [5.41, 5.74) is 3.30. The molecule has 6 nitrogen and oxygen atoms in total. The van der Waals surface area contributed by atoms with Crippen LogP contribution in [-0.4, -0.2) is 15.9 Å². The van der Waals surface area contributed by atoms with Crippen molar-refractivity contribution in [2.45, 2.75) is 13.0 Å². The maximum absolute atomic E-state index is 12.8. The minimum Gasteiger partial charge on any atom is -0.344 e. The van der Waals surface area contributed by atoms with Crippen molar-refractivity contribution in [3.05, 3.63) is 53.7 Å². The van der Waals surface area contributed by atoms with E-state index in [0.717, 1.165) is 5.56 Å². The smallest absolute Gasteiger partial charge is 0.271 e. The van der Waals surface area contributed by atoms with Crippen LogP contribution in [-0.2, 0) is 0 Å². The number of carbonyl (C=O) groups is 1. The van der Waals surface area contributed by atoms with E-state index in [1.807, 2.05) is 0 Å². The highest BCUT2D eigenvalue weighted by Gasteiger charge is 2.13. The number of hydrazine groups is 1. The molecule has 7 heteroatoms. The molecule has 1 unspecified atom stereocenters. The van der Waals surface area contributed by atoms with E-state index in [4.69, 9.17) is 5.84 Å². The fourth-order valence-corrected chi connectivity index (χ4v) is 1.63. The molecule has 1 atom stereocenters. The van der Waals surface area contributed by atoms with E-state index in [1.165, 1.54) is 24.5 Å². The van der Waals surface area contributed by atoms with E-state index in [0.29, 0.717) is 5.82 Å². The van der Waals surface area contributed by atoms with Crippen molar-refractivity contribution >= 4 is 11.7 Å². The Morgan fingerprint density at radius 3 is 2.50 bits per heavy atom. The summed E-state index contributed by atoms with van der Waals surface area (Å²) in [6, 6.07) is 5.66. The third-order valence-corrected chi connectivity index (χ3v) is 2.75. The molecule has 0 bridgehead atoms. The number of aromatic nitrogens is 2. The summed E-state index contributed by atoms with van der Waals surface area (Å²) in [6.45, 7) is 1.80. The molecule has 0 aliphatic heterocycles. The van der Waals surface area contributed by atoms with Gasteiger partial charge in [0, 0.05) is 0 Å². The molecule has 1 amide bonds. The number of benzene rings is 1. The molecule has 104 valence electrons. The first-order valence-corrected chi connectivity index (χ1v) is 5.95. The molecular formula is C13H14FN5O. The Labute approximate surface area is 115 Å². The average molecular weight is 275 g/mol. The molecule has 2 aromatic rings. The Bertz CT molecular complexity index is 585. The second-order valence-electron chi connectivity index (χ2n) is 4.18. The second-order valence-corrected chi connectivity index (χ2v) is 4.18. The first-order chi connectivity index (χ1) is 9.60. The second kappa shape index (κ2) is 6.07. The Morgan fingerprint density at radius 2 is 1.95 bits per heavy atom. The van der Waals surface area contributed by atoms with Gasteiger partial charge in [0.1, 0.15) is 11.5 Å². The number of nitrogen functional groups attached to an aromatic ring is 1. The zero-order valence-electron chi connectivity index (χ0n) is 10.8. The van der Waals surface area contributed by atoms with Crippen LogP contribution in [0.15, 0.2) is 36.7 Å². The number of halogens is 1. The average Bonchev–Trinajstić information content (AvgIpc) is 2.48. The van der Waals surface area contributed by atoms with Gasteiger partial charge >= 0.3 is 0 Å². The Hall–Kier alpha value is -2.54. The number of nitrogens with two attached hydrogens (primary N) is 1. The van der Waals surface area contributed by atoms with E-state index in [9.17, 15) is 9.18 Å². The topological polar surface area (TPSA) is 92.9 Å². The lowest BCUT2D eigenvalue weighted by Gasteiger charge is -2.13. The van der Waals surface area contributed by atoms with E-state index >= 15 is 0 Å². The van der Waals surface area contributed by atoms with Gasteiger partial charge in [-0.2, -0.15) is 0 Å². The van der Waals surface area contributed by atoms with Crippen molar-refractivity contribution < 1.29 is 9.18 Å². The number of rotatable bonds is 4. The Kier molecular flexibility index (Phi) is 4.21. The zero-order valence-corrected chi connectivity index (χ0v) is 10.8. The highest BCUT2D eigenvalue weighted by Crippen LogP contribution is 2.13. The van der Waals surface area contributed by atoms with Crippen LogP contribution in [0.2, 0.25) is 0 Å². The number of anilines is 1. The van der Waals surface area contributed by atoms with Crippen LogP contribution in [0.3, 0.4) is 0 Å². The third-order valence-electron chi connectivity index (χ3n) is 2.75. The lowest BCUT2D eigenvalue weighted by atomic mass is 10.1. The lowest BCUT2D eigenvalue weighted by Crippen LogP contribution is -2.27. The minimum absolute atomic E-state index is 0.179. The molecule has 20 heavy (non-hydrogen) atoms. The number of nitrogens with zero attached hydrogens (tertiary/aromatic N) is 2. The van der Waals surface area contributed by atoms with Crippen LogP contribution in [0.25, 0.3) is 0 Å². The molecule has 2 rings (SSSR count). The summed E-state index contributed by atoms with van der Waals surface area (Å²) in [7, 11) is 0. The predicted molar refractivity (Wildman–Crippen MR) is 72.1 cm³/mol. The molecule has 4 N–H and O–H groups in total. The monoisotopic (exact) mass is 275 g/mol. The van der Waals surface area contributed by atoms with Gasteiger partial charge in [-0.1, -0.05) is 12.1 Å². The number of nitrogens with one attached hydrogen (secondary N) is 2.